The van der Waals surface area contributed by atoms with Crippen LogP contribution in [-0.4, -0.2) is 39.9 Å². The number of rotatable bonds is 3. The summed E-state index contributed by atoms with van der Waals surface area (Å²) >= 11 is 17.7. The number of carbonyl (C=O) groups is 2. The highest BCUT2D eigenvalue weighted by atomic mass is 35.5. The molecule has 0 radical (unpaired) electrons. The van der Waals surface area contributed by atoms with Crippen LogP contribution < -0.4 is 0 Å². The van der Waals surface area contributed by atoms with Crippen LogP contribution in [0, 0.1) is 0 Å². The van der Waals surface area contributed by atoms with E-state index >= 15 is 0 Å². The molecule has 0 bridgehead atoms. The number of hydrogen-bond donors (Lipinski definition) is 0. The lowest BCUT2D eigenvalue weighted by Crippen LogP contribution is -2.51. The third-order valence-corrected chi connectivity index (χ3v) is 5.43. The first-order valence-corrected chi connectivity index (χ1v) is 8.90. The summed E-state index contributed by atoms with van der Waals surface area (Å²) in [4.78, 5) is 30.5. The number of esters is 1. The number of ether oxygens (including phenoxy) is 1. The summed E-state index contributed by atoms with van der Waals surface area (Å²) in [6.07, 6.45) is 3.25. The average molecular weight is 394 g/mol. The van der Waals surface area contributed by atoms with Gasteiger partial charge in [-0.2, -0.15) is 0 Å². The molecule has 3 atom stereocenters. The monoisotopic (exact) mass is 392 g/mol. The first kappa shape index (κ1) is 19.3. The summed E-state index contributed by atoms with van der Waals surface area (Å²) in [5, 5.41) is 0.0735. The van der Waals surface area contributed by atoms with Gasteiger partial charge in [0, 0.05) is 18.3 Å². The van der Waals surface area contributed by atoms with E-state index in [2.05, 4.69) is 4.98 Å². The predicted molar refractivity (Wildman–Crippen MR) is 93.8 cm³/mol. The molecule has 2 rings (SSSR count). The van der Waals surface area contributed by atoms with Crippen molar-refractivity contribution in [3.8, 4) is 0 Å². The number of pyridine rings is 1. The number of likely N-dealkylation sites (tertiary alicyclic amines) is 1. The number of carbonyl (C=O) groups excluding carboxylic acids is 2. The number of aromatic nitrogens is 1. The largest absolute Gasteiger partial charge is 0.448 e. The van der Waals surface area contributed by atoms with Gasteiger partial charge in [0.25, 0.3) is 5.91 Å². The van der Waals surface area contributed by atoms with Crippen molar-refractivity contribution in [2.24, 2.45) is 0 Å². The van der Waals surface area contributed by atoms with Crippen molar-refractivity contribution in [3.63, 3.8) is 0 Å². The standard InChI is InChI=1S/C16H19Cl3N2O3/c1-8-5-4-6-9(2)21(8)15(22)10(3)24-16(23)14-13(19)12(18)11(17)7-20-14/h7-10H,4-6H2,1-3H3/t8-,9+,10-/m1/s1. The predicted octanol–water partition coefficient (Wildman–Crippen LogP) is 4.38. The lowest BCUT2D eigenvalue weighted by atomic mass is 9.97. The van der Waals surface area contributed by atoms with E-state index < -0.39 is 12.1 Å². The number of halogens is 3. The Kier molecular flexibility index (Phi) is 6.34. The molecule has 132 valence electrons. The highest BCUT2D eigenvalue weighted by molar-refractivity contribution is 6.48. The van der Waals surface area contributed by atoms with Crippen LogP contribution in [-0.2, 0) is 9.53 Å². The quantitative estimate of drug-likeness (QED) is 0.715. The molecule has 0 unspecified atom stereocenters. The molecule has 1 fully saturated rings. The van der Waals surface area contributed by atoms with E-state index in [-0.39, 0.29) is 38.8 Å². The van der Waals surface area contributed by atoms with Crippen LogP contribution in [0.2, 0.25) is 15.1 Å². The molecule has 1 amide bonds. The molecular formula is C16H19Cl3N2O3. The molecule has 5 nitrogen and oxygen atoms in total. The zero-order valence-electron chi connectivity index (χ0n) is 13.7. The van der Waals surface area contributed by atoms with E-state index in [9.17, 15) is 9.59 Å². The summed E-state index contributed by atoms with van der Waals surface area (Å²) in [6.45, 7) is 5.54. The highest BCUT2D eigenvalue weighted by Crippen LogP contribution is 2.31. The molecule has 1 aromatic heterocycles. The van der Waals surface area contributed by atoms with Crippen LogP contribution >= 0.6 is 34.8 Å². The molecule has 8 heteroatoms. The van der Waals surface area contributed by atoms with Crippen molar-refractivity contribution in [1.82, 2.24) is 9.88 Å². The molecule has 0 saturated carbocycles. The van der Waals surface area contributed by atoms with Crippen molar-refractivity contribution in [3.05, 3.63) is 27.0 Å². The molecule has 0 aromatic carbocycles. The first-order valence-electron chi connectivity index (χ1n) is 7.76. The van der Waals surface area contributed by atoms with Gasteiger partial charge in [0.05, 0.1) is 15.1 Å². The SMILES string of the molecule is C[C@@H]1CCC[C@H](C)N1C(=O)[C@@H](C)OC(=O)c1ncc(Cl)c(Cl)c1Cl. The topological polar surface area (TPSA) is 59.5 Å². The molecule has 0 N–H and O–H groups in total. The van der Waals surface area contributed by atoms with E-state index in [1.54, 1.807) is 11.8 Å². The van der Waals surface area contributed by atoms with Gasteiger partial charge in [-0.1, -0.05) is 34.8 Å². The average Bonchev–Trinajstić information content (AvgIpc) is 2.52. The fraction of sp³-hybridized carbons (Fsp3) is 0.562. The van der Waals surface area contributed by atoms with Gasteiger partial charge in [0.2, 0.25) is 0 Å². The zero-order valence-corrected chi connectivity index (χ0v) is 16.0. The second-order valence-electron chi connectivity index (χ2n) is 6.00. The number of piperidine rings is 1. The molecule has 24 heavy (non-hydrogen) atoms. The minimum absolute atomic E-state index is 0.0255. The maximum atomic E-state index is 12.6. The Balaban J connectivity index is 2.11. The van der Waals surface area contributed by atoms with Crippen LogP contribution in [0.3, 0.4) is 0 Å². The lowest BCUT2D eigenvalue weighted by Gasteiger charge is -2.40. The summed E-state index contributed by atoms with van der Waals surface area (Å²) < 4.78 is 5.24. The fourth-order valence-electron chi connectivity index (χ4n) is 2.92. The lowest BCUT2D eigenvalue weighted by molar-refractivity contribution is -0.146. The van der Waals surface area contributed by atoms with Gasteiger partial charge in [0.1, 0.15) is 0 Å². The molecule has 1 aromatic rings. The Morgan fingerprint density at radius 1 is 1.21 bits per heavy atom. The van der Waals surface area contributed by atoms with Crippen molar-refractivity contribution in [2.45, 2.75) is 58.2 Å². The Bertz CT molecular complexity index is 644. The normalized spacial score (nSPS) is 22.2. The third kappa shape index (κ3) is 3.95. The molecule has 1 aliphatic heterocycles. The van der Waals surface area contributed by atoms with Gasteiger partial charge in [-0.3, -0.25) is 4.79 Å². The van der Waals surface area contributed by atoms with Crippen LogP contribution in [0.4, 0.5) is 0 Å². The van der Waals surface area contributed by atoms with E-state index in [1.807, 2.05) is 13.8 Å². The Labute approximate surface area is 156 Å². The van der Waals surface area contributed by atoms with Gasteiger partial charge in [-0.25, -0.2) is 9.78 Å². The summed E-state index contributed by atoms with van der Waals surface area (Å²) in [5.41, 5.74) is -0.162. The Morgan fingerprint density at radius 3 is 2.38 bits per heavy atom. The maximum Gasteiger partial charge on any atom is 0.359 e. The molecular weight excluding hydrogens is 375 g/mol. The molecule has 2 heterocycles. The summed E-state index contributed by atoms with van der Waals surface area (Å²) in [7, 11) is 0. The van der Waals surface area contributed by atoms with Crippen molar-refractivity contribution >= 4 is 46.7 Å². The minimum atomic E-state index is -0.937. The number of amides is 1. The maximum absolute atomic E-state index is 12.6. The Hall–Kier alpha value is -1.04. The third-order valence-electron chi connectivity index (χ3n) is 4.19. The van der Waals surface area contributed by atoms with Gasteiger partial charge in [0.15, 0.2) is 11.8 Å². The van der Waals surface area contributed by atoms with Gasteiger partial charge >= 0.3 is 5.97 Å². The number of hydrogen-bond acceptors (Lipinski definition) is 4. The fourth-order valence-corrected chi connectivity index (χ4v) is 3.48. The Morgan fingerprint density at radius 2 is 1.79 bits per heavy atom. The summed E-state index contributed by atoms with van der Waals surface area (Å²) in [6, 6.07) is 0.239. The zero-order chi connectivity index (χ0) is 18.0. The highest BCUT2D eigenvalue weighted by Gasteiger charge is 2.33. The van der Waals surface area contributed by atoms with Gasteiger partial charge in [-0.15, -0.1) is 0 Å². The van der Waals surface area contributed by atoms with Crippen molar-refractivity contribution < 1.29 is 14.3 Å². The van der Waals surface area contributed by atoms with Gasteiger partial charge < -0.3 is 9.64 Å². The molecule has 1 saturated heterocycles. The van der Waals surface area contributed by atoms with Crippen molar-refractivity contribution in [2.75, 3.05) is 0 Å². The van der Waals surface area contributed by atoms with E-state index in [0.717, 1.165) is 19.3 Å². The van der Waals surface area contributed by atoms with Crippen LogP contribution in [0.25, 0.3) is 0 Å². The van der Waals surface area contributed by atoms with E-state index in [0.29, 0.717) is 0 Å². The van der Waals surface area contributed by atoms with Crippen LogP contribution in [0.15, 0.2) is 6.20 Å². The van der Waals surface area contributed by atoms with Gasteiger partial charge in [-0.05, 0) is 40.0 Å². The minimum Gasteiger partial charge on any atom is -0.448 e. The van der Waals surface area contributed by atoms with E-state index in [1.165, 1.54) is 6.20 Å². The van der Waals surface area contributed by atoms with Crippen LogP contribution in [0.1, 0.15) is 50.5 Å². The smallest absolute Gasteiger partial charge is 0.359 e. The first-order chi connectivity index (χ1) is 11.2. The molecule has 0 spiro atoms. The number of nitrogens with zero attached hydrogens (tertiary/aromatic N) is 2. The molecule has 0 aliphatic carbocycles. The molecule has 1 aliphatic rings. The van der Waals surface area contributed by atoms with E-state index in [4.69, 9.17) is 39.5 Å². The van der Waals surface area contributed by atoms with Crippen molar-refractivity contribution in [1.29, 1.82) is 0 Å². The second-order valence-corrected chi connectivity index (χ2v) is 7.17. The van der Waals surface area contributed by atoms with Crippen LogP contribution in [0.5, 0.6) is 0 Å². The summed E-state index contributed by atoms with van der Waals surface area (Å²) in [5.74, 6) is -1.03. The second kappa shape index (κ2) is 7.89.